The normalized spacial score (nSPS) is 19.0. The highest BCUT2D eigenvalue weighted by Gasteiger charge is 2.15. The zero-order valence-electron chi connectivity index (χ0n) is 12.7. The van der Waals surface area contributed by atoms with E-state index in [-0.39, 0.29) is 42.3 Å². The first-order valence-electron chi connectivity index (χ1n) is 6.69. The van der Waals surface area contributed by atoms with Gasteiger partial charge in [-0.3, -0.25) is 10.4 Å². The lowest BCUT2D eigenvalue weighted by molar-refractivity contribution is -0.133. The Morgan fingerprint density at radius 3 is 2.86 bits per heavy atom. The number of nitroso groups, excluding NO2 is 1. The lowest BCUT2D eigenvalue weighted by atomic mass is 10.1. The fourth-order valence-electron chi connectivity index (χ4n) is 1.55. The smallest absolute Gasteiger partial charge is 0.212 e. The van der Waals surface area contributed by atoms with Crippen molar-refractivity contribution in [2.45, 2.75) is 32.4 Å². The highest BCUT2D eigenvalue weighted by Crippen LogP contribution is 2.13. The average molecular weight is 335 g/mol. The predicted octanol–water partition coefficient (Wildman–Crippen LogP) is 2.35. The Hall–Kier alpha value is -1.35. The third kappa shape index (κ3) is 7.08. The van der Waals surface area contributed by atoms with Gasteiger partial charge in [-0.05, 0) is 36.6 Å². The number of hydrazine groups is 1. The second-order valence-corrected chi connectivity index (χ2v) is 6.00. The fourth-order valence-corrected chi connectivity index (χ4v) is 1.67. The lowest BCUT2D eigenvalue weighted by Gasteiger charge is -2.21. The zero-order valence-corrected chi connectivity index (χ0v) is 13.5. The van der Waals surface area contributed by atoms with Crippen LogP contribution in [0.4, 0.5) is 4.53 Å². The standard InChI is InChI=1S/C13H20ClFN4O3/c1-13(2,3)19-16-6-11(12(14)18-20)21-7-9-4-5-10(17-9)8-22-15/h4-5,10,16,19H,6-8H2,1-3H3/b12-11+. The Labute approximate surface area is 133 Å². The minimum absolute atomic E-state index is 0.0948. The molecule has 0 aromatic carbocycles. The van der Waals surface area contributed by atoms with Gasteiger partial charge in [0.1, 0.15) is 13.2 Å². The molecule has 1 unspecified atom stereocenters. The first-order valence-corrected chi connectivity index (χ1v) is 7.06. The van der Waals surface area contributed by atoms with Gasteiger partial charge in [0.05, 0.1) is 18.3 Å². The second kappa shape index (κ2) is 8.94. The molecule has 9 heteroatoms. The number of hydrogen-bond acceptors (Lipinski definition) is 7. The van der Waals surface area contributed by atoms with Gasteiger partial charge in [-0.2, -0.15) is 4.94 Å². The second-order valence-electron chi connectivity index (χ2n) is 5.65. The SMILES string of the molecule is CC(C)(C)NNC/C(OCC1=NC(COF)C=C1)=C(/Cl)N=O. The van der Waals surface area contributed by atoms with E-state index < -0.39 is 0 Å². The Kier molecular flexibility index (Phi) is 7.60. The molecular weight excluding hydrogens is 315 g/mol. The summed E-state index contributed by atoms with van der Waals surface area (Å²) in [6.07, 6.45) is 3.39. The van der Waals surface area contributed by atoms with Gasteiger partial charge in [0.2, 0.25) is 5.16 Å². The van der Waals surface area contributed by atoms with Gasteiger partial charge in [-0.1, -0.05) is 17.7 Å². The Bertz CT molecular complexity index is 474. The van der Waals surface area contributed by atoms with E-state index in [0.717, 1.165) is 0 Å². The van der Waals surface area contributed by atoms with Gasteiger partial charge in [0.15, 0.2) is 5.76 Å². The fraction of sp³-hybridized carbons (Fsp3) is 0.615. The molecule has 0 saturated heterocycles. The molecule has 124 valence electrons. The molecule has 0 aliphatic carbocycles. The summed E-state index contributed by atoms with van der Waals surface area (Å²) < 4.78 is 17.2. The molecule has 0 aromatic rings. The van der Waals surface area contributed by atoms with Crippen molar-refractivity contribution >= 4 is 17.3 Å². The minimum Gasteiger partial charge on any atom is -0.487 e. The maximum absolute atomic E-state index is 11.8. The van der Waals surface area contributed by atoms with Crippen molar-refractivity contribution in [3.63, 3.8) is 0 Å². The first-order chi connectivity index (χ1) is 10.4. The van der Waals surface area contributed by atoms with Crippen molar-refractivity contribution in [2.24, 2.45) is 10.2 Å². The minimum atomic E-state index is -0.364. The van der Waals surface area contributed by atoms with Crippen molar-refractivity contribution in [3.05, 3.63) is 28.0 Å². The topological polar surface area (TPSA) is 84.3 Å². The van der Waals surface area contributed by atoms with Crippen molar-refractivity contribution in [2.75, 3.05) is 19.8 Å². The molecule has 22 heavy (non-hydrogen) atoms. The van der Waals surface area contributed by atoms with E-state index in [4.69, 9.17) is 16.3 Å². The summed E-state index contributed by atoms with van der Waals surface area (Å²) in [5.74, 6) is 0.190. The molecule has 0 spiro atoms. The molecule has 0 fully saturated rings. The number of aliphatic imine (C=N–C) groups is 1. The summed E-state index contributed by atoms with van der Waals surface area (Å²) >= 11 is 5.73. The quantitative estimate of drug-likeness (QED) is 0.293. The van der Waals surface area contributed by atoms with Crippen LogP contribution in [0.5, 0.6) is 0 Å². The van der Waals surface area contributed by atoms with E-state index in [2.05, 4.69) is 26.0 Å². The van der Waals surface area contributed by atoms with Crippen LogP contribution in [0.25, 0.3) is 0 Å². The van der Waals surface area contributed by atoms with Gasteiger partial charge in [-0.15, -0.1) is 4.91 Å². The molecule has 0 bridgehead atoms. The third-order valence-electron chi connectivity index (χ3n) is 2.49. The van der Waals surface area contributed by atoms with Gasteiger partial charge in [0, 0.05) is 5.54 Å². The highest BCUT2D eigenvalue weighted by molar-refractivity contribution is 6.29. The average Bonchev–Trinajstić information content (AvgIpc) is 2.88. The van der Waals surface area contributed by atoms with Crippen molar-refractivity contribution < 1.29 is 14.2 Å². The molecule has 1 aliphatic rings. The van der Waals surface area contributed by atoms with Crippen LogP contribution in [0.2, 0.25) is 0 Å². The van der Waals surface area contributed by atoms with Crippen LogP contribution < -0.4 is 10.9 Å². The van der Waals surface area contributed by atoms with Crippen molar-refractivity contribution in [1.29, 1.82) is 0 Å². The van der Waals surface area contributed by atoms with Crippen molar-refractivity contribution in [3.8, 4) is 0 Å². The van der Waals surface area contributed by atoms with E-state index in [1.54, 1.807) is 12.2 Å². The number of nitrogens with zero attached hydrogens (tertiary/aromatic N) is 2. The van der Waals surface area contributed by atoms with Crippen LogP contribution in [-0.4, -0.2) is 37.1 Å². The summed E-state index contributed by atoms with van der Waals surface area (Å²) in [7, 11) is 0. The summed E-state index contributed by atoms with van der Waals surface area (Å²) in [5.41, 5.74) is 6.35. The molecule has 2 N–H and O–H groups in total. The maximum atomic E-state index is 11.8. The molecule has 0 saturated carbocycles. The molecular formula is C13H20ClFN4O3. The van der Waals surface area contributed by atoms with Crippen LogP contribution in [0.1, 0.15) is 20.8 Å². The summed E-state index contributed by atoms with van der Waals surface area (Å²) in [4.78, 5) is 18.3. The Balaban J connectivity index is 2.52. The maximum Gasteiger partial charge on any atom is 0.212 e. The van der Waals surface area contributed by atoms with Crippen LogP contribution in [-0.2, 0) is 9.68 Å². The van der Waals surface area contributed by atoms with E-state index in [9.17, 15) is 9.43 Å². The first kappa shape index (κ1) is 18.7. The molecule has 0 amide bonds. The van der Waals surface area contributed by atoms with Crippen LogP contribution in [0.15, 0.2) is 33.2 Å². The molecule has 1 atom stereocenters. The van der Waals surface area contributed by atoms with Gasteiger partial charge in [0.25, 0.3) is 0 Å². The number of rotatable bonds is 9. The van der Waals surface area contributed by atoms with Crippen LogP contribution >= 0.6 is 11.6 Å². The molecule has 1 rings (SSSR count). The van der Waals surface area contributed by atoms with Gasteiger partial charge in [-0.25, -0.2) is 5.43 Å². The number of ether oxygens (including phenoxy) is 1. The number of halogens is 2. The van der Waals surface area contributed by atoms with E-state index >= 15 is 0 Å². The molecule has 0 aromatic heterocycles. The monoisotopic (exact) mass is 334 g/mol. The van der Waals surface area contributed by atoms with Gasteiger partial charge >= 0.3 is 0 Å². The number of nitrogens with one attached hydrogen (secondary N) is 2. The molecule has 7 nitrogen and oxygen atoms in total. The highest BCUT2D eigenvalue weighted by atomic mass is 35.5. The molecule has 0 radical (unpaired) electrons. The Morgan fingerprint density at radius 2 is 2.27 bits per heavy atom. The summed E-state index contributed by atoms with van der Waals surface area (Å²) in [6, 6.07) is -0.364. The summed E-state index contributed by atoms with van der Waals surface area (Å²) in [5, 5.41) is 2.40. The number of hydrogen-bond donors (Lipinski definition) is 2. The predicted molar refractivity (Wildman–Crippen MR) is 82.9 cm³/mol. The zero-order chi connectivity index (χ0) is 16.6. The largest absolute Gasteiger partial charge is 0.487 e. The Morgan fingerprint density at radius 1 is 1.55 bits per heavy atom. The molecule has 1 heterocycles. The van der Waals surface area contributed by atoms with E-state index in [0.29, 0.717) is 5.71 Å². The van der Waals surface area contributed by atoms with Gasteiger partial charge < -0.3 is 4.74 Å². The molecule has 1 aliphatic heterocycles. The third-order valence-corrected chi connectivity index (χ3v) is 2.77. The summed E-state index contributed by atoms with van der Waals surface area (Å²) in [6.45, 7) is 6.03. The van der Waals surface area contributed by atoms with E-state index in [1.807, 2.05) is 20.8 Å². The van der Waals surface area contributed by atoms with Crippen LogP contribution in [0, 0.1) is 4.91 Å². The van der Waals surface area contributed by atoms with E-state index in [1.165, 1.54) is 0 Å². The van der Waals surface area contributed by atoms with Crippen molar-refractivity contribution in [1.82, 2.24) is 10.9 Å². The lowest BCUT2D eigenvalue weighted by Crippen LogP contribution is -2.46. The van der Waals surface area contributed by atoms with Crippen LogP contribution in [0.3, 0.4) is 0 Å².